The molecule has 3 aromatic rings. The molecule has 0 radical (unpaired) electrons. The number of nitrogens with two attached hydrogens (primary N) is 2. The number of fused-ring (bicyclic) bond motifs is 1. The van der Waals surface area contributed by atoms with Crippen LogP contribution in [0.15, 0.2) is 34.7 Å². The van der Waals surface area contributed by atoms with Crippen LogP contribution in [0.3, 0.4) is 0 Å². The third kappa shape index (κ3) is 4.84. The topological polar surface area (TPSA) is 163 Å². The van der Waals surface area contributed by atoms with E-state index in [4.69, 9.17) is 25.4 Å². The summed E-state index contributed by atoms with van der Waals surface area (Å²) in [7, 11) is 0. The molecule has 1 unspecified atom stereocenters. The zero-order chi connectivity index (χ0) is 26.1. The predicted molar refractivity (Wildman–Crippen MR) is 136 cm³/mol. The molecule has 0 spiro atoms. The number of carbonyl (C=O) groups excluding carboxylic acids is 3. The minimum absolute atomic E-state index is 0.0107. The number of rotatable bonds is 7. The van der Waals surface area contributed by atoms with Crippen molar-refractivity contribution in [1.82, 2.24) is 9.69 Å². The van der Waals surface area contributed by atoms with Gasteiger partial charge in [0.1, 0.15) is 16.4 Å². The van der Waals surface area contributed by atoms with Crippen LogP contribution in [-0.2, 0) is 4.79 Å². The molecule has 2 aliphatic rings. The van der Waals surface area contributed by atoms with Crippen LogP contribution in [0.5, 0.6) is 11.5 Å². The molecule has 5 rings (SSSR count). The zero-order valence-corrected chi connectivity index (χ0v) is 21.0. The minimum Gasteiger partial charge on any atom is -0.464 e. The molecular weight excluding hydrogens is 498 g/mol. The molecule has 12 heteroatoms. The maximum absolute atomic E-state index is 14.1. The van der Waals surface area contributed by atoms with E-state index < -0.39 is 23.8 Å². The Morgan fingerprint density at radius 3 is 2.54 bits per heavy atom. The number of ether oxygens (including phenoxy) is 2. The van der Waals surface area contributed by atoms with Crippen molar-refractivity contribution in [2.24, 2.45) is 5.73 Å². The summed E-state index contributed by atoms with van der Waals surface area (Å²) in [4.78, 5) is 41.0. The fraction of sp³-hybridized carbons (Fsp3) is 0.360. The lowest BCUT2D eigenvalue weighted by Crippen LogP contribution is -2.47. The highest BCUT2D eigenvalue weighted by molar-refractivity contribution is 7.09. The lowest BCUT2D eigenvalue weighted by atomic mass is 9.95. The maximum Gasteiger partial charge on any atom is 0.273 e. The summed E-state index contributed by atoms with van der Waals surface area (Å²) in [5, 5.41) is 3.11. The normalized spacial score (nSPS) is 15.8. The number of primary amides is 1. The summed E-state index contributed by atoms with van der Waals surface area (Å²) in [5.74, 6) is -0.0961. The molecule has 1 aliphatic carbocycles. The number of anilines is 2. The summed E-state index contributed by atoms with van der Waals surface area (Å²) in [6.45, 7) is 1.80. The Balaban J connectivity index is 1.61. The first-order valence-corrected chi connectivity index (χ1v) is 12.8. The number of nitrogens with one attached hydrogen (secondary N) is 1. The number of aryl methyl sites for hydroxylation is 1. The SMILES string of the molecule is Cc1ccc(C(C(=O)NC2CCCCC2)N(C(=O)c2snc(C(N)=O)c2N)c2ccc3c(c2)OCO3)o1. The molecule has 1 aromatic carbocycles. The maximum atomic E-state index is 14.1. The molecule has 1 atom stereocenters. The van der Waals surface area contributed by atoms with Gasteiger partial charge in [0.25, 0.3) is 17.7 Å². The first-order chi connectivity index (χ1) is 17.8. The van der Waals surface area contributed by atoms with Crippen LogP contribution in [0.2, 0.25) is 0 Å². The molecule has 1 fully saturated rings. The van der Waals surface area contributed by atoms with Crippen LogP contribution >= 0.6 is 11.5 Å². The van der Waals surface area contributed by atoms with Gasteiger partial charge in [0.15, 0.2) is 23.2 Å². The Labute approximate surface area is 216 Å². The number of carbonyl (C=O) groups is 3. The minimum atomic E-state index is -1.18. The zero-order valence-electron chi connectivity index (χ0n) is 20.2. The fourth-order valence-corrected chi connectivity index (χ4v) is 5.40. The van der Waals surface area contributed by atoms with Gasteiger partial charge >= 0.3 is 0 Å². The van der Waals surface area contributed by atoms with Gasteiger partial charge in [0, 0.05) is 17.8 Å². The van der Waals surface area contributed by atoms with Crippen LogP contribution in [0.25, 0.3) is 0 Å². The number of nitrogen functional groups attached to an aromatic ring is 1. The van der Waals surface area contributed by atoms with Gasteiger partial charge in [0.2, 0.25) is 6.79 Å². The highest BCUT2D eigenvalue weighted by atomic mass is 32.1. The van der Waals surface area contributed by atoms with Crippen molar-refractivity contribution in [3.05, 3.63) is 52.4 Å². The second-order valence-electron chi connectivity index (χ2n) is 9.05. The largest absolute Gasteiger partial charge is 0.464 e. The van der Waals surface area contributed by atoms with Crippen molar-refractivity contribution in [2.75, 3.05) is 17.4 Å². The van der Waals surface area contributed by atoms with Crippen LogP contribution < -0.4 is 31.2 Å². The second-order valence-corrected chi connectivity index (χ2v) is 9.82. The fourth-order valence-electron chi connectivity index (χ4n) is 4.66. The molecule has 0 bridgehead atoms. The highest BCUT2D eigenvalue weighted by Gasteiger charge is 2.39. The molecule has 1 aliphatic heterocycles. The Kier molecular flexibility index (Phi) is 6.74. The second kappa shape index (κ2) is 10.1. The van der Waals surface area contributed by atoms with Gasteiger partial charge in [-0.05, 0) is 55.6 Å². The van der Waals surface area contributed by atoms with Gasteiger partial charge in [-0.3, -0.25) is 19.3 Å². The van der Waals surface area contributed by atoms with Gasteiger partial charge in [-0.2, -0.15) is 4.37 Å². The number of amides is 3. The molecular formula is C25H27N5O6S. The van der Waals surface area contributed by atoms with Crippen molar-refractivity contribution in [3.8, 4) is 11.5 Å². The van der Waals surface area contributed by atoms with Crippen molar-refractivity contribution in [2.45, 2.75) is 51.1 Å². The van der Waals surface area contributed by atoms with E-state index in [9.17, 15) is 14.4 Å². The van der Waals surface area contributed by atoms with E-state index >= 15 is 0 Å². The quantitative estimate of drug-likeness (QED) is 0.423. The summed E-state index contributed by atoms with van der Waals surface area (Å²) in [5.41, 5.74) is 11.5. The lowest BCUT2D eigenvalue weighted by Gasteiger charge is -2.32. The van der Waals surface area contributed by atoms with E-state index in [1.807, 2.05) is 0 Å². The molecule has 0 saturated heterocycles. The molecule has 3 heterocycles. The summed E-state index contributed by atoms with van der Waals surface area (Å²) in [6, 6.07) is 7.12. The van der Waals surface area contributed by atoms with Crippen LogP contribution in [-0.4, -0.2) is 34.9 Å². The summed E-state index contributed by atoms with van der Waals surface area (Å²) < 4.78 is 20.8. The predicted octanol–water partition coefficient (Wildman–Crippen LogP) is 3.29. The van der Waals surface area contributed by atoms with Crippen molar-refractivity contribution < 1.29 is 28.3 Å². The molecule has 37 heavy (non-hydrogen) atoms. The number of hydrogen-bond donors (Lipinski definition) is 3. The number of benzene rings is 1. The number of hydrogen-bond acceptors (Lipinski definition) is 9. The lowest BCUT2D eigenvalue weighted by molar-refractivity contribution is -0.123. The smallest absolute Gasteiger partial charge is 0.273 e. The van der Waals surface area contributed by atoms with Crippen molar-refractivity contribution in [3.63, 3.8) is 0 Å². The van der Waals surface area contributed by atoms with Gasteiger partial charge < -0.3 is 30.7 Å². The van der Waals surface area contributed by atoms with E-state index in [1.165, 1.54) is 4.90 Å². The van der Waals surface area contributed by atoms with Crippen molar-refractivity contribution >= 4 is 40.6 Å². The highest BCUT2D eigenvalue weighted by Crippen LogP contribution is 2.40. The van der Waals surface area contributed by atoms with Crippen LogP contribution in [0.4, 0.5) is 11.4 Å². The van der Waals surface area contributed by atoms with E-state index in [2.05, 4.69) is 9.69 Å². The summed E-state index contributed by atoms with van der Waals surface area (Å²) in [6.07, 6.45) is 4.89. The Morgan fingerprint density at radius 2 is 1.86 bits per heavy atom. The number of furan rings is 1. The van der Waals surface area contributed by atoms with Gasteiger partial charge in [-0.1, -0.05) is 19.3 Å². The standard InChI is InChI=1S/C25H27N5O6S/c1-13-7-9-17(36-13)21(24(32)28-14-5-3-2-4-6-14)30(15-8-10-16-18(11-15)35-12-34-16)25(33)22-19(26)20(23(27)31)29-37-22/h7-11,14,21H,2-6,12,26H2,1H3,(H2,27,31)(H,28,32). The van der Waals surface area contributed by atoms with E-state index in [0.717, 1.165) is 43.6 Å². The molecule has 11 nitrogen and oxygen atoms in total. The first-order valence-electron chi connectivity index (χ1n) is 12.0. The molecule has 2 aromatic heterocycles. The van der Waals surface area contributed by atoms with Crippen molar-refractivity contribution in [1.29, 1.82) is 0 Å². The van der Waals surface area contributed by atoms with Gasteiger partial charge in [0.05, 0.1) is 5.69 Å². The average Bonchev–Trinajstić information content (AvgIpc) is 3.61. The molecule has 194 valence electrons. The van der Waals surface area contributed by atoms with Gasteiger partial charge in [-0.25, -0.2) is 0 Å². The summed E-state index contributed by atoms with van der Waals surface area (Å²) >= 11 is 0.741. The first kappa shape index (κ1) is 24.6. The molecule has 3 amide bonds. The number of aromatic nitrogens is 1. The monoisotopic (exact) mass is 525 g/mol. The molecule has 1 saturated carbocycles. The number of nitrogens with zero attached hydrogens (tertiary/aromatic N) is 2. The Bertz CT molecular complexity index is 1350. The van der Waals surface area contributed by atoms with Gasteiger partial charge in [-0.15, -0.1) is 0 Å². The van der Waals surface area contributed by atoms with E-state index in [1.54, 1.807) is 37.3 Å². The average molecular weight is 526 g/mol. The van der Waals surface area contributed by atoms with E-state index in [0.29, 0.717) is 22.9 Å². The van der Waals surface area contributed by atoms with Crippen LogP contribution in [0, 0.1) is 6.92 Å². The van der Waals surface area contributed by atoms with Crippen LogP contribution in [0.1, 0.15) is 69.8 Å². The van der Waals surface area contributed by atoms with E-state index in [-0.39, 0.29) is 34.9 Å². The Morgan fingerprint density at radius 1 is 1.11 bits per heavy atom. The third-order valence-electron chi connectivity index (χ3n) is 6.50. The molecule has 5 N–H and O–H groups in total. The third-order valence-corrected chi connectivity index (χ3v) is 7.35. The Hall–Kier alpha value is -4.06.